The Kier molecular flexibility index (Phi) is 9.25. The summed E-state index contributed by atoms with van der Waals surface area (Å²) in [6, 6.07) is 7.83. The first kappa shape index (κ1) is 21.0. The van der Waals surface area contributed by atoms with E-state index >= 15 is 0 Å². The maximum atomic E-state index is 12.1. The van der Waals surface area contributed by atoms with Crippen LogP contribution in [0.4, 0.5) is 0 Å². The number of rotatable bonds is 9. The average molecular weight is 401 g/mol. The second kappa shape index (κ2) is 11.4. The van der Waals surface area contributed by atoms with Crippen molar-refractivity contribution in [1.82, 2.24) is 10.2 Å². The molecule has 0 aliphatic carbocycles. The minimum absolute atomic E-state index is 0.0189. The van der Waals surface area contributed by atoms with E-state index in [0.29, 0.717) is 37.0 Å². The number of amides is 1. The summed E-state index contributed by atoms with van der Waals surface area (Å²) in [6.45, 7) is 3.59. The van der Waals surface area contributed by atoms with Gasteiger partial charge in [0, 0.05) is 36.8 Å². The van der Waals surface area contributed by atoms with Crippen LogP contribution in [0, 0.1) is 0 Å². The van der Waals surface area contributed by atoms with Gasteiger partial charge in [0.2, 0.25) is 5.91 Å². The molecule has 1 N–H and O–H groups in total. The summed E-state index contributed by atoms with van der Waals surface area (Å²) in [5, 5.41) is 3.71. The van der Waals surface area contributed by atoms with E-state index in [2.05, 4.69) is 15.0 Å². The van der Waals surface area contributed by atoms with Crippen molar-refractivity contribution in [3.8, 4) is 0 Å². The minimum atomic E-state index is -0.273. The van der Waals surface area contributed by atoms with Crippen LogP contribution in [0.25, 0.3) is 0 Å². The molecule has 1 fully saturated rings. The third-order valence-electron chi connectivity index (χ3n) is 4.15. The number of methoxy groups -OCH3 is 1. The number of halogens is 1. The highest BCUT2D eigenvalue weighted by molar-refractivity contribution is 7.99. The van der Waals surface area contributed by atoms with Crippen molar-refractivity contribution in [2.75, 3.05) is 51.5 Å². The van der Waals surface area contributed by atoms with Gasteiger partial charge in [0.05, 0.1) is 32.1 Å². The summed E-state index contributed by atoms with van der Waals surface area (Å²) in [4.78, 5) is 25.5. The van der Waals surface area contributed by atoms with Crippen LogP contribution in [0.5, 0.6) is 0 Å². The van der Waals surface area contributed by atoms with Gasteiger partial charge in [-0.15, -0.1) is 11.8 Å². The van der Waals surface area contributed by atoms with Gasteiger partial charge < -0.3 is 14.8 Å². The number of morpholine rings is 1. The molecule has 0 saturated carbocycles. The Morgan fingerprint density at radius 3 is 2.65 bits per heavy atom. The second-order valence-corrected chi connectivity index (χ2v) is 7.44. The van der Waals surface area contributed by atoms with E-state index in [-0.39, 0.29) is 23.7 Å². The minimum Gasteiger partial charge on any atom is -0.468 e. The van der Waals surface area contributed by atoms with Crippen molar-refractivity contribution in [2.24, 2.45) is 0 Å². The van der Waals surface area contributed by atoms with Crippen molar-refractivity contribution >= 4 is 35.2 Å². The molecule has 0 radical (unpaired) electrons. The molecule has 6 nitrogen and oxygen atoms in total. The maximum Gasteiger partial charge on any atom is 0.315 e. The van der Waals surface area contributed by atoms with E-state index in [0.717, 1.165) is 18.7 Å². The number of hydrogen-bond acceptors (Lipinski definition) is 6. The number of benzene rings is 1. The van der Waals surface area contributed by atoms with Crippen LogP contribution >= 0.6 is 23.4 Å². The van der Waals surface area contributed by atoms with E-state index in [1.165, 1.54) is 18.9 Å². The van der Waals surface area contributed by atoms with Crippen molar-refractivity contribution in [2.45, 2.75) is 12.5 Å². The molecule has 0 aromatic heterocycles. The number of carbonyl (C=O) groups is 2. The Balaban J connectivity index is 1.85. The fourth-order valence-corrected chi connectivity index (χ4v) is 3.59. The molecular weight excluding hydrogens is 376 g/mol. The molecule has 1 amide bonds. The SMILES string of the molecule is COC(=O)CSCCC(=O)NCC(c1ccc(Cl)cc1)N1CCOCC1. The van der Waals surface area contributed by atoms with Gasteiger partial charge in [0.1, 0.15) is 0 Å². The molecule has 1 aliphatic heterocycles. The molecule has 1 heterocycles. The van der Waals surface area contributed by atoms with E-state index in [1.807, 2.05) is 24.3 Å². The molecule has 1 atom stereocenters. The van der Waals surface area contributed by atoms with Gasteiger partial charge >= 0.3 is 5.97 Å². The Morgan fingerprint density at radius 2 is 2.00 bits per heavy atom. The lowest BCUT2D eigenvalue weighted by Gasteiger charge is -2.35. The van der Waals surface area contributed by atoms with Gasteiger partial charge in [-0.3, -0.25) is 14.5 Å². The number of ether oxygens (including phenoxy) is 2. The molecule has 1 unspecified atom stereocenters. The zero-order chi connectivity index (χ0) is 18.8. The molecular formula is C18H25ClN2O4S. The van der Waals surface area contributed by atoms with Crippen LogP contribution in [0.1, 0.15) is 18.0 Å². The van der Waals surface area contributed by atoms with E-state index in [1.54, 1.807) is 0 Å². The first-order chi connectivity index (χ1) is 12.6. The lowest BCUT2D eigenvalue weighted by Crippen LogP contribution is -2.43. The van der Waals surface area contributed by atoms with E-state index in [9.17, 15) is 9.59 Å². The van der Waals surface area contributed by atoms with E-state index in [4.69, 9.17) is 16.3 Å². The first-order valence-electron chi connectivity index (χ1n) is 8.58. The summed E-state index contributed by atoms with van der Waals surface area (Å²) >= 11 is 7.39. The predicted molar refractivity (Wildman–Crippen MR) is 104 cm³/mol. The lowest BCUT2D eigenvalue weighted by molar-refractivity contribution is -0.137. The monoisotopic (exact) mass is 400 g/mol. The second-order valence-electron chi connectivity index (χ2n) is 5.90. The Hall–Kier alpha value is -1.28. The number of hydrogen-bond donors (Lipinski definition) is 1. The van der Waals surface area contributed by atoms with Gasteiger partial charge in [-0.1, -0.05) is 23.7 Å². The van der Waals surface area contributed by atoms with Gasteiger partial charge in [-0.25, -0.2) is 0 Å². The number of carbonyl (C=O) groups excluding carboxylic acids is 2. The number of thioether (sulfide) groups is 1. The predicted octanol–water partition coefficient (Wildman–Crippen LogP) is 2.13. The maximum absolute atomic E-state index is 12.1. The van der Waals surface area contributed by atoms with Crippen LogP contribution < -0.4 is 5.32 Å². The van der Waals surface area contributed by atoms with Gasteiger partial charge in [-0.2, -0.15) is 0 Å². The van der Waals surface area contributed by atoms with Crippen molar-refractivity contribution in [3.63, 3.8) is 0 Å². The summed E-state index contributed by atoms with van der Waals surface area (Å²) in [7, 11) is 1.36. The highest BCUT2D eigenvalue weighted by atomic mass is 35.5. The summed E-state index contributed by atoms with van der Waals surface area (Å²) in [6.07, 6.45) is 0.373. The van der Waals surface area contributed by atoms with Gasteiger partial charge in [0.25, 0.3) is 0 Å². The summed E-state index contributed by atoms with van der Waals surface area (Å²) in [5.41, 5.74) is 1.12. The summed E-state index contributed by atoms with van der Waals surface area (Å²) < 4.78 is 10.0. The molecule has 2 rings (SSSR count). The number of esters is 1. The topological polar surface area (TPSA) is 67.9 Å². The van der Waals surface area contributed by atoms with Gasteiger partial charge in [0.15, 0.2) is 0 Å². The molecule has 144 valence electrons. The molecule has 1 aromatic rings. The number of nitrogens with one attached hydrogen (secondary N) is 1. The van der Waals surface area contributed by atoms with Crippen LogP contribution in [-0.4, -0.2) is 68.2 Å². The van der Waals surface area contributed by atoms with Crippen molar-refractivity contribution in [3.05, 3.63) is 34.9 Å². The van der Waals surface area contributed by atoms with Crippen LogP contribution in [0.2, 0.25) is 5.02 Å². The van der Waals surface area contributed by atoms with Crippen LogP contribution in [0.15, 0.2) is 24.3 Å². The largest absolute Gasteiger partial charge is 0.468 e. The van der Waals surface area contributed by atoms with Crippen molar-refractivity contribution in [1.29, 1.82) is 0 Å². The smallest absolute Gasteiger partial charge is 0.315 e. The fourth-order valence-electron chi connectivity index (χ4n) is 2.71. The van der Waals surface area contributed by atoms with E-state index < -0.39 is 0 Å². The standard InChI is InChI=1S/C18H25ClN2O4S/c1-24-18(23)13-26-11-6-17(22)20-12-16(21-7-9-25-10-8-21)14-2-4-15(19)5-3-14/h2-5,16H,6-13H2,1H3,(H,20,22). The quantitative estimate of drug-likeness (QED) is 0.506. The first-order valence-corrected chi connectivity index (χ1v) is 10.1. The van der Waals surface area contributed by atoms with Crippen LogP contribution in [-0.2, 0) is 19.1 Å². The van der Waals surface area contributed by atoms with Gasteiger partial charge in [-0.05, 0) is 17.7 Å². The average Bonchev–Trinajstić information content (AvgIpc) is 2.67. The Bertz CT molecular complexity index is 579. The highest BCUT2D eigenvalue weighted by Crippen LogP contribution is 2.23. The highest BCUT2D eigenvalue weighted by Gasteiger charge is 2.23. The number of nitrogens with zero attached hydrogens (tertiary/aromatic N) is 1. The summed E-state index contributed by atoms with van der Waals surface area (Å²) in [5.74, 6) is 0.565. The normalized spacial score (nSPS) is 16.1. The molecule has 1 aliphatic rings. The van der Waals surface area contributed by atoms with Crippen molar-refractivity contribution < 1.29 is 19.1 Å². The molecule has 0 spiro atoms. The molecule has 26 heavy (non-hydrogen) atoms. The zero-order valence-corrected chi connectivity index (χ0v) is 16.5. The Morgan fingerprint density at radius 1 is 1.31 bits per heavy atom. The third kappa shape index (κ3) is 7.15. The molecule has 8 heteroatoms. The zero-order valence-electron chi connectivity index (χ0n) is 14.9. The fraction of sp³-hybridized carbons (Fsp3) is 0.556. The Labute approximate surface area is 163 Å². The van der Waals surface area contributed by atoms with Crippen LogP contribution in [0.3, 0.4) is 0 Å². The third-order valence-corrected chi connectivity index (χ3v) is 5.34. The lowest BCUT2D eigenvalue weighted by atomic mass is 10.0. The molecule has 1 saturated heterocycles. The molecule has 1 aromatic carbocycles. The molecule has 0 bridgehead atoms.